The van der Waals surface area contributed by atoms with Gasteiger partial charge in [0.25, 0.3) is 0 Å². The van der Waals surface area contributed by atoms with Crippen LogP contribution in [0.3, 0.4) is 0 Å². The molecule has 22 heteroatoms. The van der Waals surface area contributed by atoms with Crippen LogP contribution < -0.4 is 0 Å². The molecule has 0 saturated heterocycles. The number of carbonyl (C=O) groups excluding carboxylic acids is 3. The summed E-state index contributed by atoms with van der Waals surface area (Å²) in [5.74, 6) is -5.60. The van der Waals surface area contributed by atoms with E-state index in [2.05, 4.69) is 40.1 Å². The fourth-order valence-electron chi connectivity index (χ4n) is 7.72. The van der Waals surface area contributed by atoms with Gasteiger partial charge < -0.3 is 14.6 Å². The summed E-state index contributed by atoms with van der Waals surface area (Å²) in [5, 5.41) is 17.1. The lowest BCUT2D eigenvalue weighted by Crippen LogP contribution is -2.64. The molecule has 0 aliphatic heterocycles. The minimum absolute atomic E-state index is 0.0850. The van der Waals surface area contributed by atoms with E-state index in [0.717, 1.165) is 36.9 Å². The Kier molecular flexibility index (Phi) is 12.4. The molecule has 2 bridgehead atoms. The predicted octanol–water partition coefficient (Wildman–Crippen LogP) is 5.96. The third-order valence-corrected chi connectivity index (χ3v) is 10.9. The van der Waals surface area contributed by atoms with Crippen LogP contribution in [0, 0.1) is 28.9 Å². The van der Waals surface area contributed by atoms with Gasteiger partial charge in [-0.25, -0.2) is 47.9 Å². The van der Waals surface area contributed by atoms with Gasteiger partial charge in [-0.3, -0.25) is 23.7 Å². The Morgan fingerprint density at radius 3 is 1.45 bits per heavy atom. The average Bonchev–Trinajstić information content (AvgIpc) is 3.78. The number of rotatable bonds is 14. The van der Waals surface area contributed by atoms with Crippen molar-refractivity contribution in [2.75, 3.05) is 0 Å². The average molecular weight is 889 g/mol. The number of hydrogen-bond donors (Lipinski definition) is 1. The molecule has 64 heavy (non-hydrogen) atoms. The van der Waals surface area contributed by atoms with Gasteiger partial charge in [0, 0.05) is 45.3 Å². The summed E-state index contributed by atoms with van der Waals surface area (Å²) in [6.07, 6.45) is 8.52. The van der Waals surface area contributed by atoms with Crippen molar-refractivity contribution >= 4 is 23.7 Å². The van der Waals surface area contributed by atoms with Gasteiger partial charge in [-0.05, 0) is 50.7 Å². The molecule has 0 radical (unpaired) electrons. The van der Waals surface area contributed by atoms with Crippen LogP contribution in [0.5, 0.6) is 0 Å². The number of carbonyl (C=O) groups is 4. The summed E-state index contributed by atoms with van der Waals surface area (Å²) in [6, 6.07) is 1.84. The lowest BCUT2D eigenvalue weighted by atomic mass is 9.41. The van der Waals surface area contributed by atoms with E-state index < -0.39 is 59.3 Å². The summed E-state index contributed by atoms with van der Waals surface area (Å²) in [4.78, 5) is 71.5. The van der Waals surface area contributed by atoms with E-state index in [1.54, 1.807) is 14.1 Å². The maximum atomic E-state index is 13.9. The van der Waals surface area contributed by atoms with Gasteiger partial charge >= 0.3 is 17.9 Å². The molecule has 9 rings (SSSR count). The molecule has 0 amide bonds. The maximum Gasteiger partial charge on any atom is 0.338 e. The van der Waals surface area contributed by atoms with Crippen LogP contribution in [0.1, 0.15) is 95.0 Å². The number of aryl methyl sites for hydroxylation is 2. The number of pyridine rings is 2. The van der Waals surface area contributed by atoms with E-state index in [0.29, 0.717) is 47.3 Å². The van der Waals surface area contributed by atoms with Crippen LogP contribution in [-0.2, 0) is 46.0 Å². The molecular formula is C42H37F5N10O7. The van der Waals surface area contributed by atoms with Crippen molar-refractivity contribution in [1.29, 1.82) is 0 Å². The highest BCUT2D eigenvalue weighted by Crippen LogP contribution is 2.71. The maximum absolute atomic E-state index is 13.9. The Labute approximate surface area is 359 Å². The molecule has 2 atom stereocenters. The highest BCUT2D eigenvalue weighted by Gasteiger charge is 2.69. The summed E-state index contributed by atoms with van der Waals surface area (Å²) in [7, 11) is 3.22. The van der Waals surface area contributed by atoms with Crippen molar-refractivity contribution in [2.45, 2.75) is 70.2 Å². The van der Waals surface area contributed by atoms with Crippen LogP contribution in [0.15, 0.2) is 61.7 Å². The number of esters is 2. The van der Waals surface area contributed by atoms with E-state index in [4.69, 9.17) is 14.6 Å². The van der Waals surface area contributed by atoms with Gasteiger partial charge in [0.1, 0.15) is 29.5 Å². The second-order valence-corrected chi connectivity index (χ2v) is 15.6. The molecule has 3 fully saturated rings. The first-order valence-electron chi connectivity index (χ1n) is 19.5. The number of aromatic carboxylic acids is 1. The first-order valence-corrected chi connectivity index (χ1v) is 19.5. The highest BCUT2D eigenvalue weighted by atomic mass is 19.2. The smallest absolute Gasteiger partial charge is 0.338 e. The van der Waals surface area contributed by atoms with E-state index in [-0.39, 0.29) is 58.8 Å². The monoisotopic (exact) mass is 888 g/mol. The van der Waals surface area contributed by atoms with E-state index >= 15 is 0 Å². The Morgan fingerprint density at radius 1 is 0.656 bits per heavy atom. The fourth-order valence-corrected chi connectivity index (χ4v) is 7.72. The molecule has 0 spiro atoms. The second kappa shape index (κ2) is 17.8. The van der Waals surface area contributed by atoms with E-state index in [1.807, 2.05) is 0 Å². The predicted molar refractivity (Wildman–Crippen MR) is 209 cm³/mol. The zero-order chi connectivity index (χ0) is 46.1. The van der Waals surface area contributed by atoms with Gasteiger partial charge in [-0.2, -0.15) is 19.0 Å². The Hall–Kier alpha value is -7.39. The van der Waals surface area contributed by atoms with Crippen LogP contribution in [-0.4, -0.2) is 83.9 Å². The largest absolute Gasteiger partial charge is 0.478 e. The molecule has 3 saturated carbocycles. The topological polar surface area (TPSA) is 220 Å². The van der Waals surface area contributed by atoms with Crippen molar-refractivity contribution in [1.82, 2.24) is 49.5 Å². The molecule has 3 aliphatic rings. The number of hydrogen-bond acceptors (Lipinski definition) is 14. The van der Waals surface area contributed by atoms with E-state index in [9.17, 15) is 41.1 Å². The molecule has 17 nitrogen and oxygen atoms in total. The molecule has 332 valence electrons. The first-order chi connectivity index (χ1) is 30.3. The Balaban J connectivity index is 0.000000195. The van der Waals surface area contributed by atoms with Gasteiger partial charge in [0.2, 0.25) is 11.9 Å². The lowest BCUT2D eigenvalue weighted by Gasteiger charge is -2.65. The first kappa shape index (κ1) is 44.7. The van der Waals surface area contributed by atoms with Crippen molar-refractivity contribution in [3.63, 3.8) is 0 Å². The van der Waals surface area contributed by atoms with Gasteiger partial charge in [0.05, 0.1) is 82.4 Å². The molecule has 0 aromatic carbocycles. The number of alkyl halides is 1. The number of carboxylic acid groups (broad SMARTS) is 1. The van der Waals surface area contributed by atoms with Gasteiger partial charge in [0.15, 0.2) is 17.4 Å². The molecular weight excluding hydrogens is 852 g/mol. The molecule has 0 unspecified atom stereocenters. The summed E-state index contributed by atoms with van der Waals surface area (Å²) in [6.45, 7) is 2.82. The summed E-state index contributed by atoms with van der Waals surface area (Å²) >= 11 is 0. The lowest BCUT2D eigenvalue weighted by molar-refractivity contribution is -0.210. The molecule has 6 heterocycles. The van der Waals surface area contributed by atoms with Crippen LogP contribution in [0.2, 0.25) is 0 Å². The van der Waals surface area contributed by atoms with Crippen LogP contribution >= 0.6 is 0 Å². The molecule has 6 aromatic rings. The quantitative estimate of drug-likeness (QED) is 0.0577. The fraction of sp³-hybridized carbons (Fsp3) is 0.333. The minimum atomic E-state index is -1.17. The molecule has 1 N–H and O–H groups in total. The number of nitrogens with zero attached hydrogens (tertiary/aromatic N) is 10. The van der Waals surface area contributed by atoms with Crippen molar-refractivity contribution < 1.29 is 55.7 Å². The minimum Gasteiger partial charge on any atom is -0.478 e. The third-order valence-electron chi connectivity index (χ3n) is 10.9. The summed E-state index contributed by atoms with van der Waals surface area (Å²) in [5.41, 5.74) is 0.366. The third kappa shape index (κ3) is 9.64. The zero-order valence-electron chi connectivity index (χ0n) is 34.4. The number of aromatic nitrogens is 10. The highest BCUT2D eigenvalue weighted by molar-refractivity contribution is 5.96. The Morgan fingerprint density at radius 2 is 1.06 bits per heavy atom. The summed E-state index contributed by atoms with van der Waals surface area (Å²) < 4.78 is 81.4. The Bertz CT molecular complexity index is 2750. The van der Waals surface area contributed by atoms with Crippen LogP contribution in [0.25, 0.3) is 22.8 Å². The number of ketones is 1. The van der Waals surface area contributed by atoms with Gasteiger partial charge in [-0.1, -0.05) is 0 Å². The molecule has 3 aliphatic carbocycles. The number of Topliss-reactive ketones (excluding diaryl/α,β-unsaturated/α-hetero) is 1. The van der Waals surface area contributed by atoms with Crippen LogP contribution in [0.4, 0.5) is 22.0 Å². The van der Waals surface area contributed by atoms with Crippen molar-refractivity contribution in [3.8, 4) is 22.8 Å². The zero-order valence-corrected chi connectivity index (χ0v) is 34.4. The second-order valence-electron chi connectivity index (χ2n) is 15.6. The SMILES string of the molecule is C[C@@H](OC(=O)Cc1c(-c2ncc(C(=O)CC34CC(F)(C3)C4)cn2)cnn1C)c1cc(F)cnc1F.C[C@@H](OC(=O)Cc1c(-c2ncc(C(=O)O)cn2)cnn1C)c1cc(F)cnc1F. The van der Waals surface area contributed by atoms with Crippen molar-refractivity contribution in [3.05, 3.63) is 119 Å². The van der Waals surface area contributed by atoms with Gasteiger partial charge in [-0.15, -0.1) is 0 Å². The number of ether oxygens (including phenoxy) is 2. The number of carboxylic acids is 1. The normalized spacial score (nSPS) is 18.1. The standard InChI is InChI=1S/C24H22F3N5O3.C18H15F2N5O4/c1-13(16-3-15(25)8-28-21(16)26)35-20(34)4-18-17(9-31-32(18)2)22-29-6-14(7-30-22)19(33)5-23-10-24(27,11-23)12-23;1-9(12-3-11(19)7-21-16(12)20)29-15(26)4-14-13(8-24-25(14)2)17-22-5-10(6-23-17)18(27)28/h3,6-9,13H,4-5,10-12H2,1-2H3;3,5-9H,4H2,1-2H3,(H,27,28)/t13-,23?,24?;9-/m11/s1. The number of halogens is 5. The van der Waals surface area contributed by atoms with Crippen molar-refractivity contribution in [2.24, 2.45) is 19.5 Å². The van der Waals surface area contributed by atoms with E-state index in [1.165, 1.54) is 48.0 Å². The molecule has 6 aromatic heterocycles.